The summed E-state index contributed by atoms with van der Waals surface area (Å²) in [6.45, 7) is 3.80. The van der Waals surface area contributed by atoms with Gasteiger partial charge in [-0.15, -0.1) is 0 Å². The highest BCUT2D eigenvalue weighted by Gasteiger charge is 2.15. The maximum Gasteiger partial charge on any atom is 0.252 e. The van der Waals surface area contributed by atoms with Crippen molar-refractivity contribution in [1.29, 1.82) is 0 Å². The van der Waals surface area contributed by atoms with Crippen LogP contribution in [0.1, 0.15) is 34.8 Å². The van der Waals surface area contributed by atoms with Gasteiger partial charge in [0.15, 0.2) is 0 Å². The van der Waals surface area contributed by atoms with E-state index in [0.29, 0.717) is 5.56 Å². The van der Waals surface area contributed by atoms with Crippen molar-refractivity contribution in [3.8, 4) is 0 Å². The van der Waals surface area contributed by atoms with E-state index in [9.17, 15) is 4.79 Å². The van der Waals surface area contributed by atoms with Crippen molar-refractivity contribution >= 4 is 28.5 Å². The second kappa shape index (κ2) is 5.56. The van der Waals surface area contributed by atoms with Gasteiger partial charge in [0.1, 0.15) is 11.5 Å². The van der Waals surface area contributed by atoms with E-state index < -0.39 is 0 Å². The first-order valence-electron chi connectivity index (χ1n) is 5.69. The molecule has 1 unspecified atom stereocenters. The molecule has 0 aliphatic carbocycles. The number of amides is 1. The number of hydrogen-bond donors (Lipinski definition) is 1. The summed E-state index contributed by atoms with van der Waals surface area (Å²) in [5.74, 6) is 1.54. The zero-order valence-electron chi connectivity index (χ0n) is 10.2. The number of carbonyl (C=O) groups excluding carboxylic acids is 1. The Morgan fingerprint density at radius 1 is 1.28 bits per heavy atom. The number of halogens is 1. The van der Waals surface area contributed by atoms with Gasteiger partial charge in [0.05, 0.1) is 11.6 Å². The SMILES string of the molecule is Cc1ccc(C(C)NC(=O)c2ccccc2I)o1. The lowest BCUT2D eigenvalue weighted by molar-refractivity contribution is 0.0934. The smallest absolute Gasteiger partial charge is 0.252 e. The van der Waals surface area contributed by atoms with Gasteiger partial charge in [0, 0.05) is 3.57 Å². The Labute approximate surface area is 120 Å². The number of rotatable bonds is 3. The predicted molar refractivity (Wildman–Crippen MR) is 78.5 cm³/mol. The van der Waals surface area contributed by atoms with E-state index in [1.807, 2.05) is 50.2 Å². The maximum absolute atomic E-state index is 12.1. The fraction of sp³-hybridized carbons (Fsp3) is 0.214. The van der Waals surface area contributed by atoms with E-state index >= 15 is 0 Å². The molecule has 0 saturated heterocycles. The van der Waals surface area contributed by atoms with Crippen LogP contribution in [0.15, 0.2) is 40.8 Å². The van der Waals surface area contributed by atoms with Crippen LogP contribution in [0, 0.1) is 10.5 Å². The molecular weight excluding hydrogens is 341 g/mol. The summed E-state index contributed by atoms with van der Waals surface area (Å²) in [5.41, 5.74) is 0.688. The zero-order valence-corrected chi connectivity index (χ0v) is 12.4. The van der Waals surface area contributed by atoms with Crippen LogP contribution in [-0.4, -0.2) is 5.91 Å². The van der Waals surface area contributed by atoms with Crippen molar-refractivity contribution in [3.05, 3.63) is 57.1 Å². The molecule has 18 heavy (non-hydrogen) atoms. The summed E-state index contributed by atoms with van der Waals surface area (Å²) in [5, 5.41) is 2.93. The molecule has 1 N–H and O–H groups in total. The van der Waals surface area contributed by atoms with Gasteiger partial charge in [-0.1, -0.05) is 12.1 Å². The second-order valence-electron chi connectivity index (χ2n) is 4.12. The molecule has 0 spiro atoms. The lowest BCUT2D eigenvalue weighted by Gasteiger charge is -2.12. The normalized spacial score (nSPS) is 12.2. The third-order valence-corrected chi connectivity index (χ3v) is 3.59. The molecule has 0 bridgehead atoms. The van der Waals surface area contributed by atoms with E-state index in [0.717, 1.165) is 15.1 Å². The molecule has 1 atom stereocenters. The minimum Gasteiger partial charge on any atom is -0.464 e. The largest absolute Gasteiger partial charge is 0.464 e. The van der Waals surface area contributed by atoms with Gasteiger partial charge in [-0.25, -0.2) is 0 Å². The summed E-state index contributed by atoms with van der Waals surface area (Å²) in [6.07, 6.45) is 0. The number of carbonyl (C=O) groups is 1. The second-order valence-corrected chi connectivity index (χ2v) is 5.29. The van der Waals surface area contributed by atoms with Crippen LogP contribution >= 0.6 is 22.6 Å². The van der Waals surface area contributed by atoms with Crippen molar-refractivity contribution in [3.63, 3.8) is 0 Å². The van der Waals surface area contributed by atoms with Crippen molar-refractivity contribution in [2.24, 2.45) is 0 Å². The van der Waals surface area contributed by atoms with Crippen LogP contribution in [0.2, 0.25) is 0 Å². The molecule has 1 aromatic carbocycles. The lowest BCUT2D eigenvalue weighted by Crippen LogP contribution is -2.27. The van der Waals surface area contributed by atoms with Crippen LogP contribution < -0.4 is 5.32 Å². The fourth-order valence-electron chi connectivity index (χ4n) is 1.68. The standard InChI is InChI=1S/C14H14INO2/c1-9-7-8-13(18-9)10(2)16-14(17)11-5-3-4-6-12(11)15/h3-8,10H,1-2H3,(H,16,17). The van der Waals surface area contributed by atoms with E-state index in [2.05, 4.69) is 27.9 Å². The Kier molecular flexibility index (Phi) is 4.06. The molecule has 1 aromatic heterocycles. The summed E-state index contributed by atoms with van der Waals surface area (Å²) < 4.78 is 6.44. The molecule has 1 heterocycles. The average Bonchev–Trinajstić information content (AvgIpc) is 2.76. The first-order valence-corrected chi connectivity index (χ1v) is 6.77. The minimum absolute atomic E-state index is 0.0819. The Hall–Kier alpha value is -1.30. The van der Waals surface area contributed by atoms with E-state index in [4.69, 9.17) is 4.42 Å². The molecule has 0 fully saturated rings. The van der Waals surface area contributed by atoms with Gasteiger partial charge in [-0.3, -0.25) is 4.79 Å². The van der Waals surface area contributed by atoms with Gasteiger partial charge in [0.25, 0.3) is 5.91 Å². The highest BCUT2D eigenvalue weighted by molar-refractivity contribution is 14.1. The molecule has 0 aliphatic rings. The molecule has 2 aromatic rings. The van der Waals surface area contributed by atoms with Gasteiger partial charge in [-0.05, 0) is 60.7 Å². The predicted octanol–water partition coefficient (Wildman–Crippen LogP) is 3.68. The van der Waals surface area contributed by atoms with Crippen molar-refractivity contribution in [2.75, 3.05) is 0 Å². The molecule has 4 heteroatoms. The molecule has 0 aliphatic heterocycles. The van der Waals surface area contributed by atoms with Crippen LogP contribution in [0.25, 0.3) is 0 Å². The zero-order chi connectivity index (χ0) is 13.1. The summed E-state index contributed by atoms with van der Waals surface area (Å²) >= 11 is 2.16. The number of aryl methyl sites for hydroxylation is 1. The van der Waals surface area contributed by atoms with Gasteiger partial charge >= 0.3 is 0 Å². The van der Waals surface area contributed by atoms with E-state index in [1.165, 1.54) is 0 Å². The quantitative estimate of drug-likeness (QED) is 0.854. The van der Waals surface area contributed by atoms with Gasteiger partial charge in [0.2, 0.25) is 0 Å². The third-order valence-electron chi connectivity index (χ3n) is 2.65. The fourth-order valence-corrected chi connectivity index (χ4v) is 2.31. The van der Waals surface area contributed by atoms with Gasteiger partial charge in [-0.2, -0.15) is 0 Å². The number of furan rings is 1. The molecule has 3 nitrogen and oxygen atoms in total. The number of hydrogen-bond acceptors (Lipinski definition) is 2. The highest BCUT2D eigenvalue weighted by Crippen LogP contribution is 2.17. The summed E-state index contributed by atoms with van der Waals surface area (Å²) in [4.78, 5) is 12.1. The summed E-state index contributed by atoms with van der Waals surface area (Å²) in [7, 11) is 0. The van der Waals surface area contributed by atoms with Crippen LogP contribution in [-0.2, 0) is 0 Å². The van der Waals surface area contributed by atoms with Crippen LogP contribution in [0.5, 0.6) is 0 Å². The topological polar surface area (TPSA) is 42.2 Å². The monoisotopic (exact) mass is 355 g/mol. The van der Waals surface area contributed by atoms with Crippen molar-refractivity contribution in [2.45, 2.75) is 19.9 Å². The average molecular weight is 355 g/mol. The lowest BCUT2D eigenvalue weighted by atomic mass is 10.2. The minimum atomic E-state index is -0.137. The van der Waals surface area contributed by atoms with E-state index in [1.54, 1.807) is 0 Å². The Balaban J connectivity index is 2.10. The molecule has 1 amide bonds. The van der Waals surface area contributed by atoms with Crippen molar-refractivity contribution in [1.82, 2.24) is 5.32 Å². The van der Waals surface area contributed by atoms with Crippen molar-refractivity contribution < 1.29 is 9.21 Å². The molecular formula is C14H14INO2. The first kappa shape index (κ1) is 13.1. The van der Waals surface area contributed by atoms with Crippen LogP contribution in [0.3, 0.4) is 0 Å². The molecule has 0 saturated carbocycles. The van der Waals surface area contributed by atoms with Gasteiger partial charge < -0.3 is 9.73 Å². The maximum atomic E-state index is 12.1. The first-order chi connectivity index (χ1) is 8.58. The highest BCUT2D eigenvalue weighted by atomic mass is 127. The Morgan fingerprint density at radius 2 is 2.00 bits per heavy atom. The number of nitrogens with one attached hydrogen (secondary N) is 1. The third kappa shape index (κ3) is 2.93. The summed E-state index contributed by atoms with van der Waals surface area (Å²) in [6, 6.07) is 11.1. The molecule has 2 rings (SSSR count). The van der Waals surface area contributed by atoms with E-state index in [-0.39, 0.29) is 11.9 Å². The Bertz CT molecular complexity index is 562. The molecule has 0 radical (unpaired) electrons. The Morgan fingerprint density at radius 3 is 2.61 bits per heavy atom. The van der Waals surface area contributed by atoms with Crippen LogP contribution in [0.4, 0.5) is 0 Å². The molecule has 94 valence electrons. The number of benzene rings is 1.